The first-order valence-electron chi connectivity index (χ1n) is 7.68. The van der Waals surface area contributed by atoms with E-state index in [1.54, 1.807) is 6.07 Å². The lowest BCUT2D eigenvalue weighted by Crippen LogP contribution is -2.30. The fraction of sp³-hybridized carbons (Fsp3) is 0.733. The van der Waals surface area contributed by atoms with Crippen LogP contribution in [0.5, 0.6) is 0 Å². The largest absolute Gasteiger partial charge is 0.310 e. The smallest absolute Gasteiger partial charge is 0.241 e. The molecule has 0 spiro atoms. The molecule has 0 radical (unpaired) electrons. The number of thiophene rings is 1. The molecule has 21 heavy (non-hydrogen) atoms. The first-order valence-corrected chi connectivity index (χ1v) is 10.0. The summed E-state index contributed by atoms with van der Waals surface area (Å²) in [5.74, 6) is 1.22. The Balaban J connectivity index is 1.97. The number of hydrogen-bond acceptors (Lipinski definition) is 4. The lowest BCUT2D eigenvalue weighted by atomic mass is 10.1. The highest BCUT2D eigenvalue weighted by Gasteiger charge is 2.25. The fourth-order valence-electron chi connectivity index (χ4n) is 2.81. The van der Waals surface area contributed by atoms with Crippen molar-refractivity contribution >= 4 is 21.4 Å². The molecule has 1 aromatic rings. The predicted octanol–water partition coefficient (Wildman–Crippen LogP) is 2.96. The lowest BCUT2D eigenvalue weighted by Gasteiger charge is -2.13. The summed E-state index contributed by atoms with van der Waals surface area (Å²) in [6.45, 7) is 7.53. The maximum Gasteiger partial charge on any atom is 0.241 e. The van der Waals surface area contributed by atoms with Gasteiger partial charge in [-0.05, 0) is 36.1 Å². The predicted molar refractivity (Wildman–Crippen MR) is 88.0 cm³/mol. The third-order valence-electron chi connectivity index (χ3n) is 4.03. The molecule has 0 bridgehead atoms. The van der Waals surface area contributed by atoms with Gasteiger partial charge in [0, 0.05) is 24.0 Å². The molecule has 2 unspecified atom stereocenters. The lowest BCUT2D eigenvalue weighted by molar-refractivity contribution is 0.498. The minimum absolute atomic E-state index is 0.343. The van der Waals surface area contributed by atoms with Crippen molar-refractivity contribution in [1.29, 1.82) is 0 Å². The van der Waals surface area contributed by atoms with Gasteiger partial charge in [0.25, 0.3) is 0 Å². The minimum Gasteiger partial charge on any atom is -0.310 e. The zero-order valence-electron chi connectivity index (χ0n) is 13.1. The van der Waals surface area contributed by atoms with Crippen LogP contribution in [-0.2, 0) is 16.6 Å². The molecule has 2 N–H and O–H groups in total. The van der Waals surface area contributed by atoms with E-state index in [1.807, 2.05) is 5.38 Å². The van der Waals surface area contributed by atoms with E-state index in [-0.39, 0.29) is 0 Å². The molecule has 0 aliphatic heterocycles. The Bertz CT molecular complexity index is 552. The van der Waals surface area contributed by atoms with E-state index >= 15 is 0 Å². The molecule has 1 aliphatic carbocycles. The van der Waals surface area contributed by atoms with Crippen LogP contribution < -0.4 is 10.0 Å². The van der Waals surface area contributed by atoms with Gasteiger partial charge < -0.3 is 5.32 Å². The second kappa shape index (κ2) is 7.22. The minimum atomic E-state index is -3.38. The number of sulfonamides is 1. The van der Waals surface area contributed by atoms with Crippen LogP contribution in [0.3, 0.4) is 0 Å². The maximum absolute atomic E-state index is 12.5. The van der Waals surface area contributed by atoms with Gasteiger partial charge in [-0.3, -0.25) is 0 Å². The number of hydrogen-bond donors (Lipinski definition) is 2. The molecule has 120 valence electrons. The van der Waals surface area contributed by atoms with E-state index in [4.69, 9.17) is 0 Å². The SMILES string of the molecule is CC1CCC(CNS(=O)(=O)c2ccsc2CNC(C)C)C1. The van der Waals surface area contributed by atoms with E-state index in [9.17, 15) is 8.42 Å². The van der Waals surface area contributed by atoms with E-state index in [0.29, 0.717) is 29.9 Å². The Kier molecular flexibility index (Phi) is 5.82. The fourth-order valence-corrected chi connectivity index (χ4v) is 5.32. The first kappa shape index (κ1) is 16.9. The van der Waals surface area contributed by atoms with Gasteiger partial charge in [-0.1, -0.05) is 27.2 Å². The van der Waals surface area contributed by atoms with Gasteiger partial charge >= 0.3 is 0 Å². The summed E-state index contributed by atoms with van der Waals surface area (Å²) in [6, 6.07) is 2.05. The molecule has 1 heterocycles. The topological polar surface area (TPSA) is 58.2 Å². The molecule has 2 rings (SSSR count). The van der Waals surface area contributed by atoms with Crippen molar-refractivity contribution in [2.45, 2.75) is 57.5 Å². The van der Waals surface area contributed by atoms with Crippen molar-refractivity contribution in [1.82, 2.24) is 10.0 Å². The Morgan fingerprint density at radius 3 is 2.76 bits per heavy atom. The molecule has 6 heteroatoms. The molecule has 2 atom stereocenters. The van der Waals surface area contributed by atoms with E-state index in [1.165, 1.54) is 17.8 Å². The molecule has 0 amide bonds. The Morgan fingerprint density at radius 1 is 1.38 bits per heavy atom. The van der Waals surface area contributed by atoms with Crippen LogP contribution in [-0.4, -0.2) is 21.0 Å². The van der Waals surface area contributed by atoms with Gasteiger partial charge in [0.2, 0.25) is 10.0 Å². The normalized spacial score (nSPS) is 23.0. The van der Waals surface area contributed by atoms with Crippen LogP contribution in [0.1, 0.15) is 44.9 Å². The highest BCUT2D eigenvalue weighted by Crippen LogP contribution is 2.30. The molecule has 0 aromatic carbocycles. The molecule has 4 nitrogen and oxygen atoms in total. The van der Waals surface area contributed by atoms with E-state index in [0.717, 1.165) is 23.6 Å². The highest BCUT2D eigenvalue weighted by atomic mass is 32.2. The standard InChI is InChI=1S/C15H26N2O2S2/c1-11(2)16-10-14-15(6-7-20-14)21(18,19)17-9-13-5-4-12(3)8-13/h6-7,11-13,16-17H,4-5,8-10H2,1-3H3. The van der Waals surface area contributed by atoms with E-state index in [2.05, 4.69) is 30.8 Å². The molecule has 1 saturated carbocycles. The molecular weight excluding hydrogens is 304 g/mol. The summed E-state index contributed by atoms with van der Waals surface area (Å²) in [5, 5.41) is 5.13. The van der Waals surface area contributed by atoms with Crippen LogP contribution in [0.4, 0.5) is 0 Å². The second-order valence-electron chi connectivity index (χ2n) is 6.38. The molecule has 0 saturated heterocycles. The van der Waals surface area contributed by atoms with Crippen molar-refractivity contribution < 1.29 is 8.42 Å². The van der Waals surface area contributed by atoms with Crippen LogP contribution in [0.25, 0.3) is 0 Å². The molecule has 1 fully saturated rings. The first-order chi connectivity index (χ1) is 9.88. The molecular formula is C15H26N2O2S2. The average Bonchev–Trinajstić information content (AvgIpc) is 3.03. The van der Waals surface area contributed by atoms with Crippen LogP contribution in [0.2, 0.25) is 0 Å². The van der Waals surface area contributed by atoms with Crippen LogP contribution >= 0.6 is 11.3 Å². The van der Waals surface area contributed by atoms with Crippen molar-refractivity contribution in [3.8, 4) is 0 Å². The molecule has 1 aromatic heterocycles. The summed E-state index contributed by atoms with van der Waals surface area (Å²) in [5.41, 5.74) is 0. The third-order valence-corrected chi connectivity index (χ3v) is 6.59. The van der Waals surface area contributed by atoms with Crippen molar-refractivity contribution in [3.63, 3.8) is 0 Å². The quantitative estimate of drug-likeness (QED) is 0.808. The summed E-state index contributed by atoms with van der Waals surface area (Å²) < 4.78 is 27.7. The summed E-state index contributed by atoms with van der Waals surface area (Å²) in [4.78, 5) is 1.32. The Morgan fingerprint density at radius 2 is 2.14 bits per heavy atom. The molecule has 1 aliphatic rings. The number of rotatable bonds is 7. The van der Waals surface area contributed by atoms with Gasteiger partial charge in [-0.15, -0.1) is 11.3 Å². The highest BCUT2D eigenvalue weighted by molar-refractivity contribution is 7.89. The summed E-state index contributed by atoms with van der Waals surface area (Å²) in [6.07, 6.45) is 3.48. The van der Waals surface area contributed by atoms with Gasteiger partial charge in [-0.25, -0.2) is 13.1 Å². The zero-order chi connectivity index (χ0) is 15.5. The Hall–Kier alpha value is -0.430. The second-order valence-corrected chi connectivity index (χ2v) is 9.12. The van der Waals surface area contributed by atoms with Gasteiger partial charge in [0.05, 0.1) is 4.90 Å². The summed E-state index contributed by atoms with van der Waals surface area (Å²) >= 11 is 1.50. The third kappa shape index (κ3) is 4.77. The maximum atomic E-state index is 12.5. The van der Waals surface area contributed by atoms with Crippen LogP contribution in [0, 0.1) is 11.8 Å². The average molecular weight is 331 g/mol. The van der Waals surface area contributed by atoms with Gasteiger partial charge in [-0.2, -0.15) is 0 Å². The van der Waals surface area contributed by atoms with Crippen LogP contribution in [0.15, 0.2) is 16.3 Å². The monoisotopic (exact) mass is 330 g/mol. The number of nitrogens with one attached hydrogen (secondary N) is 2. The van der Waals surface area contributed by atoms with Crippen molar-refractivity contribution in [3.05, 3.63) is 16.3 Å². The zero-order valence-corrected chi connectivity index (χ0v) is 14.7. The van der Waals surface area contributed by atoms with Crippen molar-refractivity contribution in [2.24, 2.45) is 11.8 Å². The Labute approximate surface area is 132 Å². The summed E-state index contributed by atoms with van der Waals surface area (Å²) in [7, 11) is -3.38. The van der Waals surface area contributed by atoms with Gasteiger partial charge in [0.15, 0.2) is 0 Å². The van der Waals surface area contributed by atoms with E-state index < -0.39 is 10.0 Å². The van der Waals surface area contributed by atoms with Gasteiger partial charge in [0.1, 0.15) is 0 Å². The van der Waals surface area contributed by atoms with Crippen molar-refractivity contribution in [2.75, 3.05) is 6.54 Å².